The van der Waals surface area contributed by atoms with Crippen molar-refractivity contribution in [2.75, 3.05) is 6.54 Å². The van der Waals surface area contributed by atoms with Crippen molar-refractivity contribution in [3.63, 3.8) is 0 Å². The van der Waals surface area contributed by atoms with Crippen LogP contribution in [0.15, 0.2) is 0 Å². The molecule has 0 aromatic heterocycles. The third-order valence-electron chi connectivity index (χ3n) is 3.41. The van der Waals surface area contributed by atoms with E-state index < -0.39 is 12.1 Å². The molecule has 2 aliphatic rings. The second-order valence-electron chi connectivity index (χ2n) is 4.29. The van der Waals surface area contributed by atoms with Gasteiger partial charge in [-0.2, -0.15) is 13.2 Å². The fourth-order valence-electron chi connectivity index (χ4n) is 2.51. The van der Waals surface area contributed by atoms with Crippen LogP contribution in [0.2, 0.25) is 0 Å². The first-order chi connectivity index (χ1) is 6.02. The maximum absolute atomic E-state index is 12.4. The van der Waals surface area contributed by atoms with Gasteiger partial charge in [0.05, 0.1) is 5.92 Å². The Labute approximate surface area is 75.7 Å². The van der Waals surface area contributed by atoms with Crippen molar-refractivity contribution >= 4 is 0 Å². The standard InChI is InChI=1S/C9H14F3N/c10-9(11,12)7-2-1-3-8(6-7)4-5-13-8/h7,13H,1-6H2. The molecule has 13 heavy (non-hydrogen) atoms. The first-order valence-electron chi connectivity index (χ1n) is 4.84. The van der Waals surface area contributed by atoms with Crippen molar-refractivity contribution in [2.45, 2.75) is 43.8 Å². The Morgan fingerprint density at radius 2 is 1.92 bits per heavy atom. The second kappa shape index (κ2) is 2.87. The Balaban J connectivity index is 2.00. The summed E-state index contributed by atoms with van der Waals surface area (Å²) in [7, 11) is 0. The third-order valence-corrected chi connectivity index (χ3v) is 3.41. The van der Waals surface area contributed by atoms with Gasteiger partial charge in [-0.3, -0.25) is 0 Å². The van der Waals surface area contributed by atoms with Gasteiger partial charge >= 0.3 is 6.18 Å². The Morgan fingerprint density at radius 3 is 2.38 bits per heavy atom. The molecule has 0 bridgehead atoms. The van der Waals surface area contributed by atoms with Crippen molar-refractivity contribution in [3.8, 4) is 0 Å². The molecule has 0 amide bonds. The highest BCUT2D eigenvalue weighted by molar-refractivity contribution is 5.01. The molecule has 2 fully saturated rings. The SMILES string of the molecule is FC(F)(F)C1CCCC2(CCN2)C1. The van der Waals surface area contributed by atoms with Gasteiger partial charge < -0.3 is 5.32 Å². The monoisotopic (exact) mass is 193 g/mol. The van der Waals surface area contributed by atoms with E-state index in [2.05, 4.69) is 5.32 Å². The molecule has 0 radical (unpaired) electrons. The van der Waals surface area contributed by atoms with Crippen LogP contribution in [-0.2, 0) is 0 Å². The number of alkyl halides is 3. The van der Waals surface area contributed by atoms with Crippen molar-refractivity contribution in [2.24, 2.45) is 5.92 Å². The Kier molecular flexibility index (Phi) is 2.06. The zero-order valence-corrected chi connectivity index (χ0v) is 7.45. The molecule has 76 valence electrons. The molecular formula is C9H14F3N. The molecule has 0 aromatic carbocycles. The van der Waals surface area contributed by atoms with Crippen LogP contribution in [0.5, 0.6) is 0 Å². The van der Waals surface area contributed by atoms with Crippen LogP contribution in [0.4, 0.5) is 13.2 Å². The van der Waals surface area contributed by atoms with Crippen LogP contribution < -0.4 is 5.32 Å². The number of hydrogen-bond donors (Lipinski definition) is 1. The van der Waals surface area contributed by atoms with Crippen molar-refractivity contribution < 1.29 is 13.2 Å². The largest absolute Gasteiger partial charge is 0.391 e. The topological polar surface area (TPSA) is 12.0 Å². The van der Waals surface area contributed by atoms with Gasteiger partial charge in [0.15, 0.2) is 0 Å². The highest BCUT2D eigenvalue weighted by Gasteiger charge is 2.49. The fourth-order valence-corrected chi connectivity index (χ4v) is 2.51. The van der Waals surface area contributed by atoms with E-state index in [1.165, 1.54) is 0 Å². The van der Waals surface area contributed by atoms with E-state index in [-0.39, 0.29) is 5.54 Å². The molecule has 1 spiro atoms. The summed E-state index contributed by atoms with van der Waals surface area (Å²) in [5, 5.41) is 3.16. The first kappa shape index (κ1) is 9.31. The molecule has 1 nitrogen and oxygen atoms in total. The van der Waals surface area contributed by atoms with E-state index in [1.54, 1.807) is 0 Å². The predicted octanol–water partition coefficient (Wildman–Crippen LogP) is 2.47. The fraction of sp³-hybridized carbons (Fsp3) is 1.00. The van der Waals surface area contributed by atoms with Gasteiger partial charge in [0.2, 0.25) is 0 Å². The highest BCUT2D eigenvalue weighted by atomic mass is 19.4. The number of nitrogens with one attached hydrogen (secondary N) is 1. The molecule has 2 atom stereocenters. The minimum absolute atomic E-state index is 0.140. The van der Waals surface area contributed by atoms with E-state index in [4.69, 9.17) is 0 Å². The lowest BCUT2D eigenvalue weighted by atomic mass is 9.70. The van der Waals surface area contributed by atoms with Crippen LogP contribution >= 0.6 is 0 Å². The molecule has 4 heteroatoms. The van der Waals surface area contributed by atoms with Gasteiger partial charge in [0, 0.05) is 5.54 Å². The number of halogens is 3. The first-order valence-corrected chi connectivity index (χ1v) is 4.84. The average molecular weight is 193 g/mol. The van der Waals surface area contributed by atoms with E-state index in [0.717, 1.165) is 25.8 Å². The minimum Gasteiger partial charge on any atom is -0.311 e. The van der Waals surface area contributed by atoms with Crippen LogP contribution in [0.1, 0.15) is 32.1 Å². The minimum atomic E-state index is -3.98. The average Bonchev–Trinajstić information content (AvgIpc) is 2.00. The molecule has 1 N–H and O–H groups in total. The molecule has 1 heterocycles. The second-order valence-corrected chi connectivity index (χ2v) is 4.29. The molecule has 1 aliphatic heterocycles. The van der Waals surface area contributed by atoms with Crippen LogP contribution in [0.3, 0.4) is 0 Å². The molecule has 1 saturated carbocycles. The summed E-state index contributed by atoms with van der Waals surface area (Å²) >= 11 is 0. The number of rotatable bonds is 0. The van der Waals surface area contributed by atoms with Crippen molar-refractivity contribution in [3.05, 3.63) is 0 Å². The predicted molar refractivity (Wildman–Crippen MR) is 43.4 cm³/mol. The van der Waals surface area contributed by atoms with Crippen LogP contribution in [-0.4, -0.2) is 18.3 Å². The maximum atomic E-state index is 12.4. The summed E-state index contributed by atoms with van der Waals surface area (Å²) < 4.78 is 37.3. The lowest BCUT2D eigenvalue weighted by Crippen LogP contribution is -2.60. The Bertz CT molecular complexity index is 196. The van der Waals surface area contributed by atoms with Gasteiger partial charge in [-0.1, -0.05) is 6.42 Å². The van der Waals surface area contributed by atoms with Crippen molar-refractivity contribution in [1.29, 1.82) is 0 Å². The number of hydrogen-bond acceptors (Lipinski definition) is 1. The van der Waals surface area contributed by atoms with Gasteiger partial charge in [0.25, 0.3) is 0 Å². The molecule has 1 aliphatic carbocycles. The van der Waals surface area contributed by atoms with Gasteiger partial charge in [0.1, 0.15) is 0 Å². The molecule has 1 saturated heterocycles. The lowest BCUT2D eigenvalue weighted by Gasteiger charge is -2.48. The maximum Gasteiger partial charge on any atom is 0.391 e. The smallest absolute Gasteiger partial charge is 0.311 e. The Hall–Kier alpha value is -0.250. The van der Waals surface area contributed by atoms with Crippen LogP contribution in [0.25, 0.3) is 0 Å². The third kappa shape index (κ3) is 1.68. The summed E-state index contributed by atoms with van der Waals surface area (Å²) in [6.07, 6.45) is -0.773. The van der Waals surface area contributed by atoms with E-state index in [1.807, 2.05) is 0 Å². The molecule has 2 rings (SSSR count). The van der Waals surface area contributed by atoms with E-state index >= 15 is 0 Å². The van der Waals surface area contributed by atoms with E-state index in [0.29, 0.717) is 12.8 Å². The molecular weight excluding hydrogens is 179 g/mol. The molecule has 0 aromatic rings. The summed E-state index contributed by atoms with van der Waals surface area (Å²) in [5.41, 5.74) is -0.140. The quantitative estimate of drug-likeness (QED) is 0.623. The van der Waals surface area contributed by atoms with Gasteiger partial charge in [-0.05, 0) is 32.2 Å². The van der Waals surface area contributed by atoms with Crippen LogP contribution in [0, 0.1) is 5.92 Å². The zero-order chi connectivity index (χ0) is 9.53. The van der Waals surface area contributed by atoms with Gasteiger partial charge in [-0.15, -0.1) is 0 Å². The lowest BCUT2D eigenvalue weighted by molar-refractivity contribution is -0.191. The van der Waals surface area contributed by atoms with Crippen molar-refractivity contribution in [1.82, 2.24) is 5.32 Å². The van der Waals surface area contributed by atoms with Gasteiger partial charge in [-0.25, -0.2) is 0 Å². The normalized spacial score (nSPS) is 40.4. The highest BCUT2D eigenvalue weighted by Crippen LogP contribution is 2.44. The summed E-state index contributed by atoms with van der Waals surface area (Å²) in [4.78, 5) is 0. The summed E-state index contributed by atoms with van der Waals surface area (Å²) in [5.74, 6) is -1.06. The summed E-state index contributed by atoms with van der Waals surface area (Å²) in [6, 6.07) is 0. The zero-order valence-electron chi connectivity index (χ0n) is 7.45. The Morgan fingerprint density at radius 1 is 1.23 bits per heavy atom. The molecule has 2 unspecified atom stereocenters. The van der Waals surface area contributed by atoms with E-state index in [9.17, 15) is 13.2 Å². The summed E-state index contributed by atoms with van der Waals surface area (Å²) in [6.45, 7) is 0.893.